The zero-order valence-electron chi connectivity index (χ0n) is 9.91. The molecule has 1 aromatic heterocycles. The molecular formula is C12H18BrN3. The number of rotatable bonds is 5. The molecule has 0 unspecified atom stereocenters. The molecule has 1 aliphatic rings. The molecular weight excluding hydrogens is 266 g/mol. The number of anilines is 1. The van der Waals surface area contributed by atoms with Gasteiger partial charge in [-0.15, -0.1) is 0 Å². The van der Waals surface area contributed by atoms with Crippen LogP contribution in [0.5, 0.6) is 0 Å². The van der Waals surface area contributed by atoms with Crippen LogP contribution in [0.2, 0.25) is 0 Å². The maximum absolute atomic E-state index is 4.56. The summed E-state index contributed by atoms with van der Waals surface area (Å²) in [6.45, 7) is 5.14. The molecule has 0 spiro atoms. The molecule has 88 valence electrons. The monoisotopic (exact) mass is 283 g/mol. The molecule has 1 aliphatic carbocycles. The number of aryl methyl sites for hydroxylation is 2. The Balaban J connectivity index is 2.25. The fourth-order valence-electron chi connectivity index (χ4n) is 1.90. The molecule has 3 nitrogen and oxygen atoms in total. The van der Waals surface area contributed by atoms with Crippen molar-refractivity contribution in [1.29, 1.82) is 0 Å². The lowest BCUT2D eigenvalue weighted by Crippen LogP contribution is -2.29. The van der Waals surface area contributed by atoms with Gasteiger partial charge >= 0.3 is 0 Å². The van der Waals surface area contributed by atoms with Crippen molar-refractivity contribution in [1.82, 2.24) is 9.97 Å². The molecule has 1 fully saturated rings. The summed E-state index contributed by atoms with van der Waals surface area (Å²) >= 11 is 3.51. The van der Waals surface area contributed by atoms with E-state index in [0.717, 1.165) is 35.6 Å². The summed E-state index contributed by atoms with van der Waals surface area (Å²) in [4.78, 5) is 11.4. The van der Waals surface area contributed by atoms with E-state index >= 15 is 0 Å². The SMILES string of the molecule is CCc1cc(N(CCBr)C2CC2)nc(C)n1. The van der Waals surface area contributed by atoms with Crippen LogP contribution in [-0.2, 0) is 6.42 Å². The van der Waals surface area contributed by atoms with Crippen molar-refractivity contribution in [3.05, 3.63) is 17.6 Å². The molecule has 0 aliphatic heterocycles. The van der Waals surface area contributed by atoms with E-state index in [-0.39, 0.29) is 0 Å². The number of halogens is 1. The van der Waals surface area contributed by atoms with Crippen LogP contribution < -0.4 is 4.90 Å². The minimum Gasteiger partial charge on any atom is -0.353 e. The molecule has 0 amide bonds. The van der Waals surface area contributed by atoms with Gasteiger partial charge in [0.15, 0.2) is 0 Å². The number of nitrogens with zero attached hydrogens (tertiary/aromatic N) is 3. The van der Waals surface area contributed by atoms with Gasteiger partial charge < -0.3 is 4.90 Å². The third-order valence-electron chi connectivity index (χ3n) is 2.85. The van der Waals surface area contributed by atoms with Gasteiger partial charge in [-0.3, -0.25) is 0 Å². The summed E-state index contributed by atoms with van der Waals surface area (Å²) in [7, 11) is 0. The normalized spacial score (nSPS) is 15.2. The molecule has 0 N–H and O–H groups in total. The van der Waals surface area contributed by atoms with Crippen molar-refractivity contribution >= 4 is 21.7 Å². The van der Waals surface area contributed by atoms with E-state index in [2.05, 4.69) is 43.8 Å². The maximum Gasteiger partial charge on any atom is 0.132 e. The maximum atomic E-state index is 4.56. The largest absolute Gasteiger partial charge is 0.353 e. The van der Waals surface area contributed by atoms with Gasteiger partial charge in [0.1, 0.15) is 11.6 Å². The second-order valence-electron chi connectivity index (χ2n) is 4.23. The van der Waals surface area contributed by atoms with Crippen molar-refractivity contribution in [2.45, 2.75) is 39.2 Å². The second-order valence-corrected chi connectivity index (χ2v) is 5.02. The van der Waals surface area contributed by atoms with Gasteiger partial charge in [-0.25, -0.2) is 9.97 Å². The molecule has 16 heavy (non-hydrogen) atoms. The first-order valence-corrected chi connectivity index (χ1v) is 7.04. The van der Waals surface area contributed by atoms with Crippen LogP contribution in [0.15, 0.2) is 6.07 Å². The van der Waals surface area contributed by atoms with Crippen LogP contribution in [0.1, 0.15) is 31.3 Å². The van der Waals surface area contributed by atoms with E-state index in [9.17, 15) is 0 Å². The topological polar surface area (TPSA) is 29.0 Å². The first-order chi connectivity index (χ1) is 7.74. The predicted molar refractivity (Wildman–Crippen MR) is 70.3 cm³/mol. The third-order valence-corrected chi connectivity index (χ3v) is 3.20. The fourth-order valence-corrected chi connectivity index (χ4v) is 2.28. The lowest BCUT2D eigenvalue weighted by atomic mass is 10.3. The lowest BCUT2D eigenvalue weighted by Gasteiger charge is -2.23. The van der Waals surface area contributed by atoms with Gasteiger partial charge in [-0.2, -0.15) is 0 Å². The first kappa shape index (κ1) is 11.8. The summed E-state index contributed by atoms with van der Waals surface area (Å²) in [6.07, 6.45) is 3.58. The Labute approximate surface area is 105 Å². The molecule has 0 atom stereocenters. The molecule has 0 bridgehead atoms. The molecule has 0 radical (unpaired) electrons. The molecule has 0 saturated heterocycles. The highest BCUT2D eigenvalue weighted by Gasteiger charge is 2.29. The molecule has 0 aromatic carbocycles. The van der Waals surface area contributed by atoms with Gasteiger partial charge in [-0.1, -0.05) is 22.9 Å². The zero-order chi connectivity index (χ0) is 11.5. The minimum absolute atomic E-state index is 0.705. The molecule has 1 saturated carbocycles. The third kappa shape index (κ3) is 2.73. The number of alkyl halides is 1. The Morgan fingerprint density at radius 1 is 1.44 bits per heavy atom. The van der Waals surface area contributed by atoms with Gasteiger partial charge in [0.2, 0.25) is 0 Å². The van der Waals surface area contributed by atoms with Crippen LogP contribution >= 0.6 is 15.9 Å². The average Bonchev–Trinajstić information content (AvgIpc) is 3.08. The van der Waals surface area contributed by atoms with Crippen molar-refractivity contribution in [3.8, 4) is 0 Å². The Morgan fingerprint density at radius 3 is 2.75 bits per heavy atom. The van der Waals surface area contributed by atoms with Crippen molar-refractivity contribution < 1.29 is 0 Å². The molecule has 4 heteroatoms. The summed E-state index contributed by atoms with van der Waals surface area (Å²) < 4.78 is 0. The Hall–Kier alpha value is -0.640. The first-order valence-electron chi connectivity index (χ1n) is 5.91. The minimum atomic E-state index is 0.705. The van der Waals surface area contributed by atoms with Crippen molar-refractivity contribution in [2.75, 3.05) is 16.8 Å². The van der Waals surface area contributed by atoms with E-state index < -0.39 is 0 Å². The van der Waals surface area contributed by atoms with E-state index in [0.29, 0.717) is 6.04 Å². The summed E-state index contributed by atoms with van der Waals surface area (Å²) in [6, 6.07) is 2.84. The van der Waals surface area contributed by atoms with Crippen LogP contribution in [0.3, 0.4) is 0 Å². The Bertz CT molecular complexity index is 363. The van der Waals surface area contributed by atoms with Gasteiger partial charge in [0.05, 0.1) is 0 Å². The molecule has 1 heterocycles. The van der Waals surface area contributed by atoms with E-state index in [1.54, 1.807) is 0 Å². The number of aromatic nitrogens is 2. The van der Waals surface area contributed by atoms with Crippen LogP contribution in [-0.4, -0.2) is 27.9 Å². The summed E-state index contributed by atoms with van der Waals surface area (Å²) in [5.41, 5.74) is 1.14. The predicted octanol–water partition coefficient (Wildman–Crippen LogP) is 2.71. The second kappa shape index (κ2) is 5.13. The molecule has 2 rings (SSSR count). The summed E-state index contributed by atoms with van der Waals surface area (Å²) in [5.74, 6) is 1.99. The Morgan fingerprint density at radius 2 is 2.19 bits per heavy atom. The smallest absolute Gasteiger partial charge is 0.132 e. The van der Waals surface area contributed by atoms with Gasteiger partial charge in [-0.05, 0) is 26.2 Å². The van der Waals surface area contributed by atoms with Gasteiger partial charge in [0.25, 0.3) is 0 Å². The van der Waals surface area contributed by atoms with E-state index in [1.165, 1.54) is 12.8 Å². The highest BCUT2D eigenvalue weighted by atomic mass is 79.9. The average molecular weight is 284 g/mol. The fraction of sp³-hybridized carbons (Fsp3) is 0.667. The van der Waals surface area contributed by atoms with Gasteiger partial charge in [0, 0.05) is 29.7 Å². The standard InChI is InChI=1S/C12H18BrN3/c1-3-10-8-12(15-9(2)14-10)16(7-6-13)11-4-5-11/h8,11H,3-7H2,1-2H3. The molecule has 1 aromatic rings. The van der Waals surface area contributed by atoms with Crippen molar-refractivity contribution in [2.24, 2.45) is 0 Å². The number of hydrogen-bond donors (Lipinski definition) is 0. The Kier molecular flexibility index (Phi) is 3.79. The lowest BCUT2D eigenvalue weighted by molar-refractivity contribution is 0.799. The van der Waals surface area contributed by atoms with Crippen molar-refractivity contribution in [3.63, 3.8) is 0 Å². The van der Waals surface area contributed by atoms with E-state index in [4.69, 9.17) is 0 Å². The van der Waals surface area contributed by atoms with Crippen LogP contribution in [0.4, 0.5) is 5.82 Å². The highest BCUT2D eigenvalue weighted by molar-refractivity contribution is 9.09. The summed E-state index contributed by atoms with van der Waals surface area (Å²) in [5, 5.41) is 0.994. The quantitative estimate of drug-likeness (QED) is 0.778. The van der Waals surface area contributed by atoms with E-state index in [1.807, 2.05) is 6.92 Å². The highest BCUT2D eigenvalue weighted by Crippen LogP contribution is 2.30. The van der Waals surface area contributed by atoms with Crippen LogP contribution in [0, 0.1) is 6.92 Å². The van der Waals surface area contributed by atoms with Crippen LogP contribution in [0.25, 0.3) is 0 Å². The zero-order valence-corrected chi connectivity index (χ0v) is 11.5. The number of hydrogen-bond acceptors (Lipinski definition) is 3.